The van der Waals surface area contributed by atoms with Crippen molar-refractivity contribution in [3.05, 3.63) is 29.4 Å². The maximum atomic E-state index is 14.0. The smallest absolute Gasteiger partial charge is 0.442 e. The number of piperidine rings is 1. The van der Waals surface area contributed by atoms with E-state index < -0.39 is 52.7 Å². The molecule has 13 nitrogen and oxygen atoms in total. The summed E-state index contributed by atoms with van der Waals surface area (Å²) in [6.45, 7) is 4.82. The Morgan fingerprint density at radius 3 is 2.27 bits per heavy atom. The van der Waals surface area contributed by atoms with Crippen LogP contribution in [0.4, 0.5) is 0 Å². The number of aromatic nitrogens is 1. The van der Waals surface area contributed by atoms with Gasteiger partial charge in [-0.25, -0.2) is 4.79 Å². The Hall–Kier alpha value is -4.51. The van der Waals surface area contributed by atoms with Crippen LogP contribution in [-0.4, -0.2) is 83.0 Å². The Balaban J connectivity index is 2.02. The van der Waals surface area contributed by atoms with Crippen molar-refractivity contribution in [3.8, 4) is 11.5 Å². The molecule has 0 N–H and O–H groups in total. The summed E-state index contributed by atoms with van der Waals surface area (Å²) in [5, 5.41) is 0.694. The summed E-state index contributed by atoms with van der Waals surface area (Å²) in [5.74, 6) is -4.09. The molecular formula is C28H34N4O9. The van der Waals surface area contributed by atoms with Gasteiger partial charge in [-0.1, -0.05) is 0 Å². The molecule has 220 valence electrons. The SMILES string of the molecule is COC(=O)C(=[N+]=[N-])C(=O)C1(CC(=O)OC(C)(C)C)CCCN(C(=O)Cc2cn(C)c3cc(OC)c(OC)cc23)C1=O. The fourth-order valence-corrected chi connectivity index (χ4v) is 5.01. The Morgan fingerprint density at radius 1 is 1.07 bits per heavy atom. The van der Waals surface area contributed by atoms with Gasteiger partial charge < -0.3 is 29.0 Å². The number of imide groups is 1. The number of fused-ring (bicyclic) bond motifs is 1. The number of hydrogen-bond acceptors (Lipinski definition) is 9. The van der Waals surface area contributed by atoms with E-state index in [1.165, 1.54) is 14.2 Å². The van der Waals surface area contributed by atoms with Gasteiger partial charge in [0.15, 0.2) is 11.5 Å². The van der Waals surface area contributed by atoms with E-state index in [-0.39, 0.29) is 25.8 Å². The molecule has 2 heterocycles. The van der Waals surface area contributed by atoms with Crippen LogP contribution < -0.4 is 9.47 Å². The Kier molecular flexibility index (Phi) is 9.03. The van der Waals surface area contributed by atoms with Crippen molar-refractivity contribution in [2.45, 2.75) is 52.1 Å². The highest BCUT2D eigenvalue weighted by atomic mass is 16.6. The van der Waals surface area contributed by atoms with Gasteiger partial charge in [-0.05, 0) is 45.2 Å². The van der Waals surface area contributed by atoms with Gasteiger partial charge >= 0.3 is 17.7 Å². The molecule has 0 saturated carbocycles. The zero-order valence-corrected chi connectivity index (χ0v) is 24.2. The third-order valence-electron chi connectivity index (χ3n) is 6.85. The van der Waals surface area contributed by atoms with Gasteiger partial charge in [0.1, 0.15) is 11.0 Å². The van der Waals surface area contributed by atoms with Crippen molar-refractivity contribution >= 4 is 46.2 Å². The second-order valence-corrected chi connectivity index (χ2v) is 10.7. The van der Waals surface area contributed by atoms with Crippen molar-refractivity contribution in [1.29, 1.82) is 0 Å². The summed E-state index contributed by atoms with van der Waals surface area (Å²) >= 11 is 0. The van der Waals surface area contributed by atoms with E-state index in [0.29, 0.717) is 22.4 Å². The van der Waals surface area contributed by atoms with Crippen molar-refractivity contribution < 1.29 is 47.7 Å². The number of rotatable bonds is 9. The summed E-state index contributed by atoms with van der Waals surface area (Å²) in [5.41, 5.74) is 6.56. The van der Waals surface area contributed by atoms with Crippen molar-refractivity contribution in [2.24, 2.45) is 12.5 Å². The van der Waals surface area contributed by atoms with Crippen LogP contribution >= 0.6 is 0 Å². The standard InChI is InChI=1S/C28H34N4O9/c1-27(2,3)41-22(34)14-28(24(35)23(30-29)25(36)40-7)9-8-10-32(26(28)37)21(33)11-16-15-31(4)18-13-20(39-6)19(38-5)12-17(16)18/h12-13,15H,8-11,14H2,1-7H3. The molecule has 1 aromatic carbocycles. The summed E-state index contributed by atoms with van der Waals surface area (Å²) in [6.07, 6.45) is 0.713. The van der Waals surface area contributed by atoms with Gasteiger partial charge in [-0.2, -0.15) is 4.79 Å². The predicted molar refractivity (Wildman–Crippen MR) is 144 cm³/mol. The number of benzene rings is 1. The molecule has 0 spiro atoms. The Morgan fingerprint density at radius 2 is 1.71 bits per heavy atom. The van der Waals surface area contributed by atoms with Crippen LogP contribution in [-0.2, 0) is 46.9 Å². The lowest BCUT2D eigenvalue weighted by molar-refractivity contribution is -0.169. The van der Waals surface area contributed by atoms with E-state index in [4.69, 9.17) is 14.2 Å². The monoisotopic (exact) mass is 570 g/mol. The normalized spacial score (nSPS) is 17.0. The number of Topliss-reactive ketones (excluding diaryl/α,β-unsaturated/α-hetero) is 1. The second kappa shape index (κ2) is 11.9. The van der Waals surface area contributed by atoms with E-state index in [9.17, 15) is 29.5 Å². The van der Waals surface area contributed by atoms with Crippen LogP contribution in [0.3, 0.4) is 0 Å². The van der Waals surface area contributed by atoms with Crippen molar-refractivity contribution in [1.82, 2.24) is 9.47 Å². The molecular weight excluding hydrogens is 536 g/mol. The van der Waals surface area contributed by atoms with E-state index in [2.05, 4.69) is 9.53 Å². The average Bonchev–Trinajstić information content (AvgIpc) is 3.21. The number of carbonyl (C=O) groups excluding carboxylic acids is 5. The predicted octanol–water partition coefficient (Wildman–Crippen LogP) is 2.02. The molecule has 2 aromatic rings. The highest BCUT2D eigenvalue weighted by molar-refractivity contribution is 6.65. The van der Waals surface area contributed by atoms with Crippen molar-refractivity contribution in [2.75, 3.05) is 27.9 Å². The number of ketones is 1. The third-order valence-corrected chi connectivity index (χ3v) is 6.85. The van der Waals surface area contributed by atoms with Crippen LogP contribution in [0, 0.1) is 5.41 Å². The number of carbonyl (C=O) groups is 5. The summed E-state index contributed by atoms with van der Waals surface area (Å²) < 4.78 is 22.5. The lowest BCUT2D eigenvalue weighted by Gasteiger charge is -2.38. The van der Waals surface area contributed by atoms with E-state index in [0.717, 1.165) is 17.5 Å². The Labute approximate surface area is 236 Å². The van der Waals surface area contributed by atoms with Gasteiger partial charge in [0, 0.05) is 31.2 Å². The number of methoxy groups -OCH3 is 3. The van der Waals surface area contributed by atoms with Gasteiger partial charge in [0.05, 0.1) is 39.7 Å². The van der Waals surface area contributed by atoms with Crippen molar-refractivity contribution in [3.63, 3.8) is 0 Å². The number of hydrogen-bond donors (Lipinski definition) is 0. The molecule has 1 unspecified atom stereocenters. The first kappa shape index (κ1) is 31.0. The molecule has 1 saturated heterocycles. The first-order valence-corrected chi connectivity index (χ1v) is 12.8. The van der Waals surface area contributed by atoms with Gasteiger partial charge in [-0.3, -0.25) is 24.1 Å². The van der Waals surface area contributed by atoms with Crippen LogP contribution in [0.15, 0.2) is 18.3 Å². The zero-order valence-electron chi connectivity index (χ0n) is 24.2. The molecule has 1 aromatic heterocycles. The van der Waals surface area contributed by atoms with Gasteiger partial charge in [-0.15, -0.1) is 0 Å². The fourth-order valence-electron chi connectivity index (χ4n) is 5.01. The molecule has 1 atom stereocenters. The highest BCUT2D eigenvalue weighted by Gasteiger charge is 2.58. The second-order valence-electron chi connectivity index (χ2n) is 10.7. The van der Waals surface area contributed by atoms with Crippen LogP contribution in [0.2, 0.25) is 0 Å². The topological polar surface area (TPSA) is 167 Å². The molecule has 1 fully saturated rings. The molecule has 0 aliphatic carbocycles. The minimum Gasteiger partial charge on any atom is -0.493 e. The molecule has 1 aliphatic rings. The fraction of sp³-hybridized carbons (Fsp3) is 0.500. The largest absolute Gasteiger partial charge is 0.493 e. The molecule has 3 rings (SSSR count). The maximum absolute atomic E-state index is 14.0. The summed E-state index contributed by atoms with van der Waals surface area (Å²) in [6, 6.07) is 3.49. The van der Waals surface area contributed by atoms with Gasteiger partial charge in [0.2, 0.25) is 11.8 Å². The van der Waals surface area contributed by atoms with Crippen LogP contribution in [0.25, 0.3) is 16.4 Å². The molecule has 2 amide bonds. The minimum absolute atomic E-state index is 0.0211. The lowest BCUT2D eigenvalue weighted by atomic mass is 9.71. The first-order chi connectivity index (χ1) is 19.2. The van der Waals surface area contributed by atoms with Gasteiger partial charge in [0.25, 0.3) is 5.78 Å². The summed E-state index contributed by atoms with van der Waals surface area (Å²) in [4.78, 5) is 69.9. The number of aryl methyl sites for hydroxylation is 1. The van der Waals surface area contributed by atoms with E-state index in [1.54, 1.807) is 50.7 Å². The molecule has 0 radical (unpaired) electrons. The van der Waals surface area contributed by atoms with E-state index in [1.807, 2.05) is 0 Å². The van der Waals surface area contributed by atoms with Crippen LogP contribution in [0.5, 0.6) is 11.5 Å². The molecule has 1 aliphatic heterocycles. The average molecular weight is 571 g/mol. The quantitative estimate of drug-likeness (QED) is 0.144. The minimum atomic E-state index is -2.22. The first-order valence-electron chi connectivity index (χ1n) is 12.8. The number of nitrogens with zero attached hydrogens (tertiary/aromatic N) is 4. The number of amides is 2. The highest BCUT2D eigenvalue weighted by Crippen LogP contribution is 2.39. The zero-order chi connectivity index (χ0) is 30.7. The Bertz CT molecular complexity index is 1460. The van der Waals surface area contributed by atoms with Crippen LogP contribution in [0.1, 0.15) is 45.6 Å². The maximum Gasteiger partial charge on any atom is 0.442 e. The number of esters is 2. The number of ether oxygens (including phenoxy) is 4. The molecule has 41 heavy (non-hydrogen) atoms. The number of likely N-dealkylation sites (tertiary alicyclic amines) is 1. The molecule has 13 heteroatoms. The summed E-state index contributed by atoms with van der Waals surface area (Å²) in [7, 11) is 5.76. The third kappa shape index (κ3) is 6.14. The van der Waals surface area contributed by atoms with E-state index >= 15 is 0 Å². The lowest BCUT2D eigenvalue weighted by Crippen LogP contribution is -2.58. The molecule has 0 bridgehead atoms.